The zero-order valence-electron chi connectivity index (χ0n) is 21.6. The minimum absolute atomic E-state index is 0.0237. The van der Waals surface area contributed by atoms with E-state index in [4.69, 9.17) is 9.47 Å². The van der Waals surface area contributed by atoms with Crippen LogP contribution in [-0.2, 0) is 9.59 Å². The molecule has 1 aliphatic heterocycles. The summed E-state index contributed by atoms with van der Waals surface area (Å²) in [4.78, 5) is 33.8. The number of methoxy groups -OCH3 is 1. The Bertz CT molecular complexity index is 1550. The third kappa shape index (κ3) is 4.52. The molecule has 194 valence electrons. The summed E-state index contributed by atoms with van der Waals surface area (Å²) in [6.07, 6.45) is 0.878. The smallest absolute Gasteiger partial charge is 0.301 e. The van der Waals surface area contributed by atoms with Gasteiger partial charge < -0.3 is 14.6 Å². The Hall–Kier alpha value is -4.17. The SMILES string of the molecule is CCCOc1ccc(C2/C(=C(\O)c3ccc4cc(OC)ccc4c3)C(=O)C(=O)N2c2nc(C)c(C)s2)cc1. The van der Waals surface area contributed by atoms with E-state index in [1.54, 1.807) is 19.2 Å². The van der Waals surface area contributed by atoms with E-state index < -0.39 is 17.7 Å². The first-order valence-electron chi connectivity index (χ1n) is 12.4. The molecule has 1 amide bonds. The summed E-state index contributed by atoms with van der Waals surface area (Å²) in [5, 5.41) is 13.7. The van der Waals surface area contributed by atoms with Crippen molar-refractivity contribution in [1.82, 2.24) is 4.98 Å². The number of carbonyl (C=O) groups excluding carboxylic acids is 2. The van der Waals surface area contributed by atoms with Crippen molar-refractivity contribution in [3.05, 3.63) is 87.9 Å². The molecule has 1 fully saturated rings. The van der Waals surface area contributed by atoms with Crippen LogP contribution in [0, 0.1) is 13.8 Å². The van der Waals surface area contributed by atoms with E-state index in [-0.39, 0.29) is 11.3 Å². The van der Waals surface area contributed by atoms with Crippen molar-refractivity contribution in [2.45, 2.75) is 33.2 Å². The van der Waals surface area contributed by atoms with Crippen LogP contribution in [-0.4, -0.2) is 35.5 Å². The number of hydrogen-bond acceptors (Lipinski definition) is 7. The second-order valence-electron chi connectivity index (χ2n) is 9.15. The molecule has 0 spiro atoms. The number of carbonyl (C=O) groups is 2. The van der Waals surface area contributed by atoms with Gasteiger partial charge in [0.2, 0.25) is 0 Å². The van der Waals surface area contributed by atoms with Crippen molar-refractivity contribution in [3.63, 3.8) is 0 Å². The second kappa shape index (κ2) is 10.3. The van der Waals surface area contributed by atoms with Crippen LogP contribution in [0.1, 0.15) is 41.1 Å². The first kappa shape index (κ1) is 25.5. The van der Waals surface area contributed by atoms with Gasteiger partial charge in [-0.3, -0.25) is 14.5 Å². The van der Waals surface area contributed by atoms with Crippen LogP contribution in [0.15, 0.2) is 66.2 Å². The summed E-state index contributed by atoms with van der Waals surface area (Å²) in [6.45, 7) is 6.41. The van der Waals surface area contributed by atoms with Gasteiger partial charge in [-0.05, 0) is 66.9 Å². The molecule has 5 rings (SSSR count). The molecule has 0 aliphatic carbocycles. The highest BCUT2D eigenvalue weighted by Gasteiger charge is 2.48. The van der Waals surface area contributed by atoms with Gasteiger partial charge in [-0.15, -0.1) is 11.3 Å². The number of fused-ring (bicyclic) bond motifs is 1. The zero-order chi connectivity index (χ0) is 27.0. The van der Waals surface area contributed by atoms with Crippen molar-refractivity contribution < 1.29 is 24.2 Å². The molecule has 7 nitrogen and oxygen atoms in total. The minimum Gasteiger partial charge on any atom is -0.507 e. The number of hydrogen-bond donors (Lipinski definition) is 1. The number of ether oxygens (including phenoxy) is 2. The highest BCUT2D eigenvalue weighted by molar-refractivity contribution is 7.16. The first-order valence-corrected chi connectivity index (χ1v) is 13.2. The number of nitrogens with zero attached hydrogens (tertiary/aromatic N) is 2. The van der Waals surface area contributed by atoms with Crippen LogP contribution in [0.3, 0.4) is 0 Å². The topological polar surface area (TPSA) is 89.0 Å². The van der Waals surface area contributed by atoms with Gasteiger partial charge in [-0.25, -0.2) is 4.98 Å². The van der Waals surface area contributed by atoms with E-state index in [2.05, 4.69) is 4.98 Å². The van der Waals surface area contributed by atoms with E-state index in [0.29, 0.717) is 28.6 Å². The predicted octanol–water partition coefficient (Wildman–Crippen LogP) is 6.34. The summed E-state index contributed by atoms with van der Waals surface area (Å²) in [6, 6.07) is 17.4. The molecular formula is C30H28N2O5S. The van der Waals surface area contributed by atoms with Crippen molar-refractivity contribution in [3.8, 4) is 11.5 Å². The van der Waals surface area contributed by atoms with Crippen molar-refractivity contribution in [2.75, 3.05) is 18.6 Å². The molecule has 1 aromatic heterocycles. The van der Waals surface area contributed by atoms with Gasteiger partial charge in [0.05, 0.1) is 31.0 Å². The molecule has 1 aliphatic rings. The lowest BCUT2D eigenvalue weighted by Gasteiger charge is -2.23. The number of aliphatic hydroxyl groups excluding tert-OH is 1. The Morgan fingerprint density at radius 1 is 1.00 bits per heavy atom. The van der Waals surface area contributed by atoms with Crippen LogP contribution >= 0.6 is 11.3 Å². The minimum atomic E-state index is -0.841. The zero-order valence-corrected chi connectivity index (χ0v) is 22.5. The highest BCUT2D eigenvalue weighted by Crippen LogP contribution is 2.44. The molecule has 1 atom stereocenters. The van der Waals surface area contributed by atoms with Crippen molar-refractivity contribution in [1.29, 1.82) is 0 Å². The quantitative estimate of drug-likeness (QED) is 0.171. The normalized spacial score (nSPS) is 16.8. The summed E-state index contributed by atoms with van der Waals surface area (Å²) in [7, 11) is 1.61. The fourth-order valence-electron chi connectivity index (χ4n) is 4.52. The predicted molar refractivity (Wildman–Crippen MR) is 149 cm³/mol. The lowest BCUT2D eigenvalue weighted by Crippen LogP contribution is -2.29. The molecule has 3 aromatic carbocycles. The molecular weight excluding hydrogens is 500 g/mol. The van der Waals surface area contributed by atoms with Gasteiger partial charge in [-0.1, -0.05) is 37.3 Å². The largest absolute Gasteiger partial charge is 0.507 e. The van der Waals surface area contributed by atoms with Gasteiger partial charge in [0.25, 0.3) is 5.78 Å². The Balaban J connectivity index is 1.65. The van der Waals surface area contributed by atoms with E-state index >= 15 is 0 Å². The molecule has 2 heterocycles. The third-order valence-corrected chi connectivity index (χ3v) is 7.73. The lowest BCUT2D eigenvalue weighted by molar-refractivity contribution is -0.132. The second-order valence-corrected chi connectivity index (χ2v) is 10.3. The number of rotatable bonds is 7. The number of amides is 1. The number of benzene rings is 3. The summed E-state index contributed by atoms with van der Waals surface area (Å²) >= 11 is 1.35. The molecule has 1 saturated heterocycles. The van der Waals surface area contributed by atoms with Gasteiger partial charge in [-0.2, -0.15) is 0 Å². The van der Waals surface area contributed by atoms with Crippen molar-refractivity contribution in [2.24, 2.45) is 0 Å². The van der Waals surface area contributed by atoms with E-state index in [0.717, 1.165) is 33.5 Å². The molecule has 1 unspecified atom stereocenters. The van der Waals surface area contributed by atoms with Gasteiger partial charge in [0.1, 0.15) is 17.3 Å². The molecule has 0 saturated carbocycles. The maximum Gasteiger partial charge on any atom is 0.301 e. The van der Waals surface area contributed by atoms with E-state index in [9.17, 15) is 14.7 Å². The average molecular weight is 529 g/mol. The maximum absolute atomic E-state index is 13.5. The van der Waals surface area contributed by atoms with Crippen LogP contribution < -0.4 is 14.4 Å². The summed E-state index contributed by atoms with van der Waals surface area (Å²) < 4.78 is 11.0. The Labute approximate surface area is 225 Å². The number of ketones is 1. The van der Waals surface area contributed by atoms with Gasteiger partial charge in [0.15, 0.2) is 5.13 Å². The Kier molecular flexibility index (Phi) is 6.91. The van der Waals surface area contributed by atoms with Gasteiger partial charge >= 0.3 is 5.91 Å². The van der Waals surface area contributed by atoms with Crippen LogP contribution in [0.4, 0.5) is 5.13 Å². The molecule has 8 heteroatoms. The molecule has 4 aromatic rings. The van der Waals surface area contributed by atoms with Gasteiger partial charge in [0, 0.05) is 10.4 Å². The maximum atomic E-state index is 13.5. The lowest BCUT2D eigenvalue weighted by atomic mass is 9.94. The third-order valence-electron chi connectivity index (χ3n) is 6.66. The highest BCUT2D eigenvalue weighted by atomic mass is 32.1. The fraction of sp³-hybridized carbons (Fsp3) is 0.233. The first-order chi connectivity index (χ1) is 18.3. The van der Waals surface area contributed by atoms with Crippen molar-refractivity contribution >= 4 is 44.7 Å². The Morgan fingerprint density at radius 2 is 1.68 bits per heavy atom. The number of aryl methyl sites for hydroxylation is 2. The van der Waals surface area contributed by atoms with Crippen LogP contribution in [0.25, 0.3) is 16.5 Å². The molecule has 0 bridgehead atoms. The number of thiazole rings is 1. The standard InChI is InChI=1S/C30H28N2O5S/c1-5-14-37-23-11-8-19(9-12-23)26-25(28(34)29(35)32(26)30-31-17(2)18(3)38-30)27(33)22-7-6-21-16-24(36-4)13-10-20(21)15-22/h6-13,15-16,26,33H,5,14H2,1-4H3/b27-25+. The molecule has 0 radical (unpaired) electrons. The van der Waals surface area contributed by atoms with Crippen LogP contribution in [0.5, 0.6) is 11.5 Å². The molecule has 38 heavy (non-hydrogen) atoms. The fourth-order valence-corrected chi connectivity index (χ4v) is 5.46. The Morgan fingerprint density at radius 3 is 2.34 bits per heavy atom. The number of Topliss-reactive ketones (excluding diaryl/α,β-unsaturated/α-hetero) is 1. The van der Waals surface area contributed by atoms with E-state index in [1.165, 1.54) is 16.2 Å². The summed E-state index contributed by atoms with van der Waals surface area (Å²) in [5.74, 6) is -0.287. The monoisotopic (exact) mass is 528 g/mol. The average Bonchev–Trinajstić information content (AvgIpc) is 3.40. The van der Waals surface area contributed by atoms with E-state index in [1.807, 2.05) is 69.3 Å². The number of anilines is 1. The molecule has 1 N–H and O–H groups in total. The summed E-state index contributed by atoms with van der Waals surface area (Å²) in [5.41, 5.74) is 1.93. The van der Waals surface area contributed by atoms with Crippen LogP contribution in [0.2, 0.25) is 0 Å². The number of aromatic nitrogens is 1. The number of aliphatic hydroxyl groups is 1.